The zero-order valence-electron chi connectivity index (χ0n) is 14.4. The average Bonchev–Trinajstić information content (AvgIpc) is 2.56. The number of urea groups is 1. The maximum atomic E-state index is 11.8. The molecule has 0 unspecified atom stereocenters. The molecule has 24 heavy (non-hydrogen) atoms. The van der Waals surface area contributed by atoms with Gasteiger partial charge in [0.1, 0.15) is 0 Å². The van der Waals surface area contributed by atoms with Gasteiger partial charge in [-0.05, 0) is 36.5 Å². The maximum Gasteiger partial charge on any atom is 0.319 e. The van der Waals surface area contributed by atoms with Crippen molar-refractivity contribution in [3.8, 4) is 0 Å². The highest BCUT2D eigenvalue weighted by molar-refractivity contribution is 7.89. The van der Waals surface area contributed by atoms with E-state index in [9.17, 15) is 13.2 Å². The van der Waals surface area contributed by atoms with Crippen molar-refractivity contribution in [2.45, 2.75) is 38.0 Å². The van der Waals surface area contributed by atoms with Crippen LogP contribution in [0.2, 0.25) is 0 Å². The van der Waals surface area contributed by atoms with Gasteiger partial charge in [-0.3, -0.25) is 0 Å². The Balaban J connectivity index is 1.79. The van der Waals surface area contributed by atoms with Crippen LogP contribution in [0.25, 0.3) is 0 Å². The van der Waals surface area contributed by atoms with Crippen molar-refractivity contribution in [1.82, 2.24) is 9.62 Å². The zero-order valence-corrected chi connectivity index (χ0v) is 15.2. The summed E-state index contributed by atoms with van der Waals surface area (Å²) in [5.74, 6) is 0.520. The second-order valence-electron chi connectivity index (χ2n) is 6.44. The van der Waals surface area contributed by atoms with Crippen LogP contribution in [0, 0.1) is 0 Å². The molecule has 0 spiro atoms. The molecule has 6 nitrogen and oxygen atoms in total. The molecule has 0 radical (unpaired) electrons. The summed E-state index contributed by atoms with van der Waals surface area (Å²) in [6.07, 6.45) is 6.41. The number of carbonyl (C=O) groups is 1. The van der Waals surface area contributed by atoms with Crippen molar-refractivity contribution < 1.29 is 13.2 Å². The highest BCUT2D eigenvalue weighted by atomic mass is 32.2. The predicted molar refractivity (Wildman–Crippen MR) is 96.8 cm³/mol. The van der Waals surface area contributed by atoms with E-state index < -0.39 is 16.1 Å². The summed E-state index contributed by atoms with van der Waals surface area (Å²) in [7, 11) is -0.343. The van der Waals surface area contributed by atoms with Crippen molar-refractivity contribution in [2.75, 3.05) is 31.7 Å². The third kappa shape index (κ3) is 5.49. The monoisotopic (exact) mass is 353 g/mol. The number of hydrogen-bond acceptors (Lipinski definition) is 3. The van der Waals surface area contributed by atoms with Gasteiger partial charge in [-0.25, -0.2) is 17.5 Å². The fraction of sp³-hybridized carbons (Fsp3) is 0.588. The van der Waals surface area contributed by atoms with Crippen molar-refractivity contribution in [1.29, 1.82) is 0 Å². The minimum absolute atomic E-state index is 0.0759. The van der Waals surface area contributed by atoms with Gasteiger partial charge >= 0.3 is 6.03 Å². The molecule has 0 bridgehead atoms. The first kappa shape index (κ1) is 18.7. The van der Waals surface area contributed by atoms with Crippen molar-refractivity contribution in [2.24, 2.45) is 0 Å². The van der Waals surface area contributed by atoms with Gasteiger partial charge in [-0.15, -0.1) is 0 Å². The van der Waals surface area contributed by atoms with E-state index in [0.29, 0.717) is 11.6 Å². The van der Waals surface area contributed by atoms with Gasteiger partial charge in [0.05, 0.1) is 5.75 Å². The van der Waals surface area contributed by atoms with Crippen LogP contribution in [-0.4, -0.2) is 45.1 Å². The average molecular weight is 353 g/mol. The highest BCUT2D eigenvalue weighted by Crippen LogP contribution is 2.32. The number of benzene rings is 1. The summed E-state index contributed by atoms with van der Waals surface area (Å²) >= 11 is 0. The topological polar surface area (TPSA) is 78.5 Å². The van der Waals surface area contributed by atoms with E-state index in [1.807, 2.05) is 12.1 Å². The Morgan fingerprint density at radius 3 is 2.33 bits per heavy atom. The summed E-state index contributed by atoms with van der Waals surface area (Å²) in [5.41, 5.74) is 2.04. The molecular weight excluding hydrogens is 326 g/mol. The van der Waals surface area contributed by atoms with Crippen LogP contribution in [0.1, 0.15) is 43.6 Å². The van der Waals surface area contributed by atoms with Crippen molar-refractivity contribution in [3.05, 3.63) is 29.8 Å². The van der Waals surface area contributed by atoms with E-state index in [-0.39, 0.29) is 12.3 Å². The van der Waals surface area contributed by atoms with Gasteiger partial charge in [0.25, 0.3) is 0 Å². The Labute approximate surface area is 144 Å². The minimum atomic E-state index is -3.29. The highest BCUT2D eigenvalue weighted by Gasteiger charge is 2.16. The van der Waals surface area contributed by atoms with E-state index >= 15 is 0 Å². The smallest absolute Gasteiger partial charge is 0.319 e. The molecule has 1 aliphatic rings. The summed E-state index contributed by atoms with van der Waals surface area (Å²) in [6, 6.07) is 7.55. The summed E-state index contributed by atoms with van der Waals surface area (Å²) in [5, 5.41) is 5.29. The van der Waals surface area contributed by atoms with Gasteiger partial charge in [-0.2, -0.15) is 0 Å². The molecule has 2 rings (SSSR count). The fourth-order valence-electron chi connectivity index (χ4n) is 2.93. The molecule has 0 heterocycles. The maximum absolute atomic E-state index is 11.8. The number of amides is 2. The van der Waals surface area contributed by atoms with Crippen LogP contribution in [0.3, 0.4) is 0 Å². The molecule has 134 valence electrons. The number of rotatable bonds is 6. The Morgan fingerprint density at radius 2 is 1.75 bits per heavy atom. The molecule has 7 heteroatoms. The third-order valence-corrected chi connectivity index (χ3v) is 6.28. The SMILES string of the molecule is CN(C)S(=O)(=O)CCNC(=O)Nc1ccc(C2CCCCC2)cc1. The number of hydrogen-bond donors (Lipinski definition) is 2. The predicted octanol–water partition coefficient (Wildman–Crippen LogP) is 2.75. The number of carbonyl (C=O) groups excluding carboxylic acids is 1. The standard InChI is InChI=1S/C17H27N3O3S/c1-20(2)24(22,23)13-12-18-17(21)19-16-10-8-15(9-11-16)14-6-4-3-5-7-14/h8-11,14H,3-7,12-13H2,1-2H3,(H2,18,19,21). The van der Waals surface area contributed by atoms with E-state index in [1.165, 1.54) is 51.8 Å². The van der Waals surface area contributed by atoms with Crippen LogP contribution >= 0.6 is 0 Å². The zero-order chi connectivity index (χ0) is 17.6. The molecule has 1 aromatic carbocycles. The molecule has 1 aliphatic carbocycles. The molecule has 2 amide bonds. The first-order chi connectivity index (χ1) is 11.4. The van der Waals surface area contributed by atoms with Gasteiger partial charge in [-0.1, -0.05) is 31.4 Å². The second kappa shape index (κ2) is 8.48. The minimum Gasteiger partial charge on any atom is -0.337 e. The Bertz CT molecular complexity index is 636. The molecule has 0 aromatic heterocycles. The number of nitrogens with one attached hydrogen (secondary N) is 2. The van der Waals surface area contributed by atoms with Crippen LogP contribution in [0.5, 0.6) is 0 Å². The molecule has 1 saturated carbocycles. The normalized spacial score (nSPS) is 16.1. The first-order valence-electron chi connectivity index (χ1n) is 8.43. The summed E-state index contributed by atoms with van der Waals surface area (Å²) in [4.78, 5) is 11.8. The third-order valence-electron chi connectivity index (χ3n) is 4.45. The fourth-order valence-corrected chi connectivity index (χ4v) is 3.65. The lowest BCUT2D eigenvalue weighted by Crippen LogP contribution is -2.36. The van der Waals surface area contributed by atoms with E-state index in [1.54, 1.807) is 0 Å². The van der Waals surface area contributed by atoms with Gasteiger partial charge in [0.2, 0.25) is 10.0 Å². The van der Waals surface area contributed by atoms with Gasteiger partial charge in [0.15, 0.2) is 0 Å². The van der Waals surface area contributed by atoms with Crippen LogP contribution in [0.15, 0.2) is 24.3 Å². The molecule has 2 N–H and O–H groups in total. The lowest BCUT2D eigenvalue weighted by Gasteiger charge is -2.22. The lowest BCUT2D eigenvalue weighted by molar-refractivity contribution is 0.252. The number of nitrogens with zero attached hydrogens (tertiary/aromatic N) is 1. The molecule has 1 aromatic rings. The van der Waals surface area contributed by atoms with Crippen molar-refractivity contribution >= 4 is 21.7 Å². The van der Waals surface area contributed by atoms with E-state index in [2.05, 4.69) is 22.8 Å². The van der Waals surface area contributed by atoms with Crippen LogP contribution in [0.4, 0.5) is 10.5 Å². The lowest BCUT2D eigenvalue weighted by atomic mass is 9.84. The summed E-state index contributed by atoms with van der Waals surface area (Å²) in [6.45, 7) is 0.0759. The number of sulfonamides is 1. The quantitative estimate of drug-likeness (QED) is 0.825. The summed E-state index contributed by atoms with van der Waals surface area (Å²) < 4.78 is 24.4. The van der Waals surface area contributed by atoms with E-state index in [0.717, 1.165) is 4.31 Å². The largest absolute Gasteiger partial charge is 0.337 e. The molecular formula is C17H27N3O3S. The molecule has 0 saturated heterocycles. The molecule has 0 atom stereocenters. The van der Waals surface area contributed by atoms with Gasteiger partial charge < -0.3 is 10.6 Å². The van der Waals surface area contributed by atoms with Gasteiger partial charge in [0, 0.05) is 26.3 Å². The van der Waals surface area contributed by atoms with E-state index in [4.69, 9.17) is 0 Å². The van der Waals surface area contributed by atoms with Crippen molar-refractivity contribution in [3.63, 3.8) is 0 Å². The first-order valence-corrected chi connectivity index (χ1v) is 10.0. The van der Waals surface area contributed by atoms with Crippen LogP contribution in [-0.2, 0) is 10.0 Å². The Kier molecular flexibility index (Phi) is 6.62. The molecule has 0 aliphatic heterocycles. The molecule has 1 fully saturated rings. The Morgan fingerprint density at radius 1 is 1.12 bits per heavy atom. The number of anilines is 1. The second-order valence-corrected chi connectivity index (χ2v) is 8.74. The Hall–Kier alpha value is -1.60. The van der Waals surface area contributed by atoms with Crippen LogP contribution < -0.4 is 10.6 Å².